The van der Waals surface area contributed by atoms with E-state index in [0.717, 1.165) is 50.5 Å². The van der Waals surface area contributed by atoms with Crippen LogP contribution in [-0.2, 0) is 9.59 Å². The van der Waals surface area contributed by atoms with E-state index in [1.54, 1.807) is 0 Å². The smallest absolute Gasteiger partial charge is 0.317 e. The summed E-state index contributed by atoms with van der Waals surface area (Å²) in [6.45, 7) is 16.5. The van der Waals surface area contributed by atoms with Gasteiger partial charge in [-0.05, 0) is 91.9 Å². The first-order chi connectivity index (χ1) is 19.9. The minimum absolute atomic E-state index is 0.0236. The van der Waals surface area contributed by atoms with Crippen LogP contribution in [-0.4, -0.2) is 52.3 Å². The van der Waals surface area contributed by atoms with Gasteiger partial charge in [-0.15, -0.1) is 0 Å². The molecule has 0 spiro atoms. The van der Waals surface area contributed by atoms with E-state index >= 15 is 0 Å². The molecular formula is C36H51N3O4. The van der Waals surface area contributed by atoms with Crippen LogP contribution in [0.25, 0.3) is 0 Å². The molecule has 0 aromatic heterocycles. The first-order valence-corrected chi connectivity index (χ1v) is 16.6. The summed E-state index contributed by atoms with van der Waals surface area (Å²) < 4.78 is 0. The molecule has 0 radical (unpaired) electrons. The van der Waals surface area contributed by atoms with Gasteiger partial charge in [0.2, 0.25) is 0 Å². The van der Waals surface area contributed by atoms with Crippen LogP contribution in [0.2, 0.25) is 0 Å². The van der Waals surface area contributed by atoms with E-state index in [2.05, 4.69) is 46.0 Å². The Labute approximate surface area is 257 Å². The minimum Gasteiger partial charge on any atom is -0.393 e. The highest BCUT2D eigenvalue weighted by Crippen LogP contribution is 2.73. The summed E-state index contributed by atoms with van der Waals surface area (Å²) in [6.07, 6.45) is 10.9. The van der Waals surface area contributed by atoms with E-state index in [-0.39, 0.29) is 63.3 Å². The van der Waals surface area contributed by atoms with Crippen molar-refractivity contribution in [2.24, 2.45) is 44.8 Å². The Bertz CT molecular complexity index is 1360. The number of rotatable bonds is 1. The molecule has 0 aromatic rings. The maximum atomic E-state index is 14.7. The molecular weight excluding hydrogens is 538 g/mol. The maximum Gasteiger partial charge on any atom is 0.317 e. The van der Waals surface area contributed by atoms with Crippen LogP contribution in [0.15, 0.2) is 23.3 Å². The van der Waals surface area contributed by atoms with Crippen molar-refractivity contribution < 1.29 is 19.5 Å². The summed E-state index contributed by atoms with van der Waals surface area (Å²) in [6, 6.07) is 2.14. The molecule has 0 bridgehead atoms. The third kappa shape index (κ3) is 4.17. The van der Waals surface area contributed by atoms with Gasteiger partial charge in [-0.3, -0.25) is 9.59 Å². The molecule has 3 saturated carbocycles. The highest BCUT2D eigenvalue weighted by atomic mass is 16.3. The third-order valence-electron chi connectivity index (χ3n) is 14.0. The summed E-state index contributed by atoms with van der Waals surface area (Å²) >= 11 is 0. The second kappa shape index (κ2) is 9.52. The molecule has 1 aliphatic heterocycles. The van der Waals surface area contributed by atoms with Crippen molar-refractivity contribution in [3.05, 3.63) is 23.3 Å². The van der Waals surface area contributed by atoms with Gasteiger partial charge in [0.1, 0.15) is 6.07 Å². The molecule has 0 aromatic carbocycles. The van der Waals surface area contributed by atoms with Crippen LogP contribution in [0.5, 0.6) is 0 Å². The largest absolute Gasteiger partial charge is 0.393 e. The van der Waals surface area contributed by atoms with E-state index in [1.807, 2.05) is 30.9 Å². The first-order valence-electron chi connectivity index (χ1n) is 16.6. The lowest BCUT2D eigenvalue weighted by molar-refractivity contribution is -0.160. The van der Waals surface area contributed by atoms with Gasteiger partial charge < -0.3 is 15.3 Å². The number of amides is 2. The SMILES string of the molecule is CC1(C)CC[C@]2(NC(=O)N3CCC(O)CC3)CC[C@]3(C)[C@H](C(=O)C=C4[C@@]5(C)C=C(C#N)C(=O)C(C)(C)[C@@H]5CC[C@]43C)[C@H]2C1. The molecule has 7 nitrogen and oxygen atoms in total. The Morgan fingerprint density at radius 3 is 2.28 bits per heavy atom. The molecule has 2 N–H and O–H groups in total. The van der Waals surface area contributed by atoms with Crippen molar-refractivity contribution in [3.63, 3.8) is 0 Å². The molecule has 4 fully saturated rings. The zero-order chi connectivity index (χ0) is 31.4. The van der Waals surface area contributed by atoms with E-state index in [1.165, 1.54) is 0 Å². The lowest BCUT2D eigenvalue weighted by Crippen LogP contribution is -2.70. The number of hydrogen-bond acceptors (Lipinski definition) is 5. The number of ketones is 2. The predicted molar refractivity (Wildman–Crippen MR) is 165 cm³/mol. The fourth-order valence-corrected chi connectivity index (χ4v) is 11.2. The summed E-state index contributed by atoms with van der Waals surface area (Å²) in [5.74, 6) is -0.0951. The monoisotopic (exact) mass is 589 g/mol. The lowest BCUT2D eigenvalue weighted by Gasteiger charge is -2.69. The second-order valence-corrected chi connectivity index (χ2v) is 17.1. The quantitative estimate of drug-likeness (QED) is 0.383. The van der Waals surface area contributed by atoms with Crippen molar-refractivity contribution in [2.75, 3.05) is 13.1 Å². The molecule has 1 heterocycles. The Morgan fingerprint density at radius 2 is 1.63 bits per heavy atom. The standard InChI is InChI=1S/C36H51N3O4/c1-31(2)12-14-36(38-30(43)39-16-9-23(40)10-17-39)15-13-35(7)28(24(36)20-31)25(41)18-27-33(5)19-22(21-37)29(42)32(3,4)26(33)8-11-34(27,35)6/h18-19,23-24,26,28,40H,8-17,20H2,1-7H3,(H,38,43)/t24-,26+,28+,33+,34-,35-,36+/m1/s1. The van der Waals surface area contributed by atoms with E-state index < -0.39 is 16.4 Å². The number of urea groups is 1. The van der Waals surface area contributed by atoms with E-state index in [0.29, 0.717) is 25.9 Å². The van der Waals surface area contributed by atoms with Gasteiger partial charge >= 0.3 is 6.03 Å². The molecule has 5 aliphatic carbocycles. The first kappa shape index (κ1) is 30.6. The number of aliphatic hydroxyl groups is 1. The van der Waals surface area contributed by atoms with Crippen LogP contribution in [0.3, 0.4) is 0 Å². The molecule has 1 saturated heterocycles. The minimum atomic E-state index is -0.679. The fraction of sp³-hybridized carbons (Fsp3) is 0.778. The number of carbonyl (C=O) groups is 3. The average Bonchev–Trinajstić information content (AvgIpc) is 2.93. The Kier molecular flexibility index (Phi) is 6.77. The van der Waals surface area contributed by atoms with Crippen LogP contribution in [0, 0.1) is 56.2 Å². The average molecular weight is 590 g/mol. The number of nitrogens with one attached hydrogen (secondary N) is 1. The van der Waals surface area contributed by atoms with Gasteiger partial charge in [-0.1, -0.05) is 60.1 Å². The second-order valence-electron chi connectivity index (χ2n) is 17.1. The van der Waals surface area contributed by atoms with Crippen molar-refractivity contribution >= 4 is 17.6 Å². The zero-order valence-electron chi connectivity index (χ0n) is 27.3. The molecule has 6 aliphatic rings. The van der Waals surface area contributed by atoms with Gasteiger partial charge in [0.25, 0.3) is 0 Å². The van der Waals surface area contributed by atoms with Crippen molar-refractivity contribution in [1.29, 1.82) is 5.26 Å². The predicted octanol–water partition coefficient (Wildman–Crippen LogP) is 6.12. The van der Waals surface area contributed by atoms with Crippen LogP contribution in [0.1, 0.15) is 106 Å². The molecule has 0 unspecified atom stereocenters. The van der Waals surface area contributed by atoms with Crippen molar-refractivity contribution in [1.82, 2.24) is 10.2 Å². The Hall–Kier alpha value is -2.46. The van der Waals surface area contributed by atoms with E-state index in [4.69, 9.17) is 0 Å². The maximum absolute atomic E-state index is 14.7. The zero-order valence-corrected chi connectivity index (χ0v) is 27.3. The molecule has 2 amide bonds. The molecule has 234 valence electrons. The van der Waals surface area contributed by atoms with Crippen LogP contribution in [0.4, 0.5) is 4.79 Å². The summed E-state index contributed by atoms with van der Waals surface area (Å²) in [4.78, 5) is 43.6. The Balaban J connectivity index is 1.43. The Morgan fingerprint density at radius 1 is 0.977 bits per heavy atom. The van der Waals surface area contributed by atoms with Gasteiger partial charge in [0.05, 0.1) is 11.7 Å². The highest BCUT2D eigenvalue weighted by molar-refractivity contribution is 6.04. The van der Waals surface area contributed by atoms with Gasteiger partial charge in [-0.25, -0.2) is 4.79 Å². The lowest BCUT2D eigenvalue weighted by atomic mass is 9.35. The third-order valence-corrected chi connectivity index (χ3v) is 14.0. The summed E-state index contributed by atoms with van der Waals surface area (Å²) in [5.41, 5.74) is -0.850. The molecule has 7 heteroatoms. The highest BCUT2D eigenvalue weighted by Gasteiger charge is 2.70. The fourth-order valence-electron chi connectivity index (χ4n) is 11.2. The number of piperidine rings is 1. The number of allylic oxidation sites excluding steroid dienone is 4. The number of hydrogen-bond donors (Lipinski definition) is 2. The number of fused-ring (bicyclic) bond motifs is 7. The van der Waals surface area contributed by atoms with Crippen LogP contribution < -0.4 is 5.32 Å². The van der Waals surface area contributed by atoms with E-state index in [9.17, 15) is 24.8 Å². The normalized spacial score (nSPS) is 43.6. The summed E-state index contributed by atoms with van der Waals surface area (Å²) in [7, 11) is 0. The van der Waals surface area contributed by atoms with Gasteiger partial charge in [0.15, 0.2) is 11.6 Å². The molecule has 43 heavy (non-hydrogen) atoms. The molecule has 6 rings (SSSR count). The summed E-state index contributed by atoms with van der Waals surface area (Å²) in [5, 5.41) is 23.5. The number of aliphatic hydroxyl groups excluding tert-OH is 1. The number of carbonyl (C=O) groups excluding carboxylic acids is 3. The van der Waals surface area contributed by atoms with Crippen molar-refractivity contribution in [3.8, 4) is 6.07 Å². The number of likely N-dealkylation sites (tertiary alicyclic amines) is 1. The number of nitrogens with zero attached hydrogens (tertiary/aromatic N) is 2. The topological polar surface area (TPSA) is 110 Å². The van der Waals surface area contributed by atoms with Crippen molar-refractivity contribution in [2.45, 2.75) is 118 Å². The van der Waals surface area contributed by atoms with Gasteiger partial charge in [0, 0.05) is 35.4 Å². The van der Waals surface area contributed by atoms with Crippen LogP contribution >= 0.6 is 0 Å². The number of Topliss-reactive ketones (excluding diaryl/α,β-unsaturated/α-hetero) is 1. The molecule has 7 atom stereocenters. The van der Waals surface area contributed by atoms with Gasteiger partial charge in [-0.2, -0.15) is 5.26 Å². The number of nitriles is 1.